The third-order valence-corrected chi connectivity index (χ3v) is 4.73. The van der Waals surface area contributed by atoms with Crippen LogP contribution in [-0.4, -0.2) is 21.0 Å². The van der Waals surface area contributed by atoms with Crippen LogP contribution in [0.4, 0.5) is 21.6 Å². The van der Waals surface area contributed by atoms with Gasteiger partial charge >= 0.3 is 5.69 Å². The van der Waals surface area contributed by atoms with E-state index in [0.29, 0.717) is 22.4 Å². The first-order valence-corrected chi connectivity index (χ1v) is 8.71. The highest BCUT2D eigenvalue weighted by atomic mass is 35.5. The molecule has 3 aromatic rings. The summed E-state index contributed by atoms with van der Waals surface area (Å²) in [5.74, 6) is 0.0100. The lowest BCUT2D eigenvalue weighted by molar-refractivity contribution is -0.386. The highest BCUT2D eigenvalue weighted by Gasteiger charge is 2.25. The number of fused-ring (bicyclic) bond motifs is 1. The number of nitrogens with zero attached hydrogens (tertiary/aromatic N) is 3. The number of anilines is 2. The van der Waals surface area contributed by atoms with Crippen LogP contribution in [0.15, 0.2) is 36.7 Å². The van der Waals surface area contributed by atoms with Crippen molar-refractivity contribution in [1.82, 2.24) is 9.97 Å². The van der Waals surface area contributed by atoms with Crippen LogP contribution in [0.1, 0.15) is 19.3 Å². The standard InChI is InChI=1S/C18H14ClFN4O3/c19-13-6-10(4-5-14(13)20)23-18-12-7-16(24(25)26)17(27-11-2-1-3-11)8-15(12)21-9-22-18/h4-9,11H,1-3H2,(H,21,22,23). The van der Waals surface area contributed by atoms with Crippen LogP contribution >= 0.6 is 11.6 Å². The second kappa shape index (κ2) is 6.96. The molecule has 0 amide bonds. The van der Waals surface area contributed by atoms with Gasteiger partial charge in [-0.15, -0.1) is 0 Å². The molecule has 2 aromatic carbocycles. The van der Waals surface area contributed by atoms with Gasteiger partial charge in [0.25, 0.3) is 0 Å². The van der Waals surface area contributed by atoms with E-state index >= 15 is 0 Å². The molecule has 1 heterocycles. The van der Waals surface area contributed by atoms with E-state index in [1.54, 1.807) is 6.07 Å². The lowest BCUT2D eigenvalue weighted by Crippen LogP contribution is -2.24. The highest BCUT2D eigenvalue weighted by molar-refractivity contribution is 6.31. The van der Waals surface area contributed by atoms with Gasteiger partial charge in [-0.2, -0.15) is 0 Å². The molecule has 0 saturated heterocycles. The van der Waals surface area contributed by atoms with E-state index in [-0.39, 0.29) is 22.6 Å². The van der Waals surface area contributed by atoms with Gasteiger partial charge in [-0.05, 0) is 37.5 Å². The fourth-order valence-electron chi connectivity index (χ4n) is 2.79. The Morgan fingerprint density at radius 3 is 2.74 bits per heavy atom. The van der Waals surface area contributed by atoms with Crippen LogP contribution in [0.5, 0.6) is 5.75 Å². The minimum Gasteiger partial charge on any atom is -0.483 e. The molecule has 0 aliphatic heterocycles. The summed E-state index contributed by atoms with van der Waals surface area (Å²) in [7, 11) is 0. The van der Waals surface area contributed by atoms with Crippen molar-refractivity contribution in [3.05, 3.63) is 57.6 Å². The minimum absolute atomic E-state index is 0.00180. The highest BCUT2D eigenvalue weighted by Crippen LogP contribution is 2.37. The first kappa shape index (κ1) is 17.4. The summed E-state index contributed by atoms with van der Waals surface area (Å²) in [4.78, 5) is 19.4. The fourth-order valence-corrected chi connectivity index (χ4v) is 2.97. The van der Waals surface area contributed by atoms with E-state index < -0.39 is 10.7 Å². The number of nitrogens with one attached hydrogen (secondary N) is 1. The predicted octanol–water partition coefficient (Wildman–Crippen LogP) is 5.01. The fraction of sp³-hybridized carbons (Fsp3) is 0.222. The third-order valence-electron chi connectivity index (χ3n) is 4.44. The smallest absolute Gasteiger partial charge is 0.311 e. The molecule has 9 heteroatoms. The van der Waals surface area contributed by atoms with Crippen molar-refractivity contribution in [3.8, 4) is 5.75 Å². The maximum Gasteiger partial charge on any atom is 0.311 e. The Balaban J connectivity index is 1.76. The lowest BCUT2D eigenvalue weighted by atomic mass is 9.96. The van der Waals surface area contributed by atoms with Crippen molar-refractivity contribution in [2.45, 2.75) is 25.4 Å². The Hall–Kier alpha value is -3.00. The number of ether oxygens (including phenoxy) is 1. The number of halogens is 2. The second-order valence-electron chi connectivity index (χ2n) is 6.24. The van der Waals surface area contributed by atoms with Gasteiger partial charge in [-0.1, -0.05) is 11.6 Å². The Bertz CT molecular complexity index is 1040. The number of nitro groups is 1. The molecular weight excluding hydrogens is 375 g/mol. The predicted molar refractivity (Wildman–Crippen MR) is 99.2 cm³/mol. The average Bonchev–Trinajstić information content (AvgIpc) is 2.60. The number of hydrogen-bond acceptors (Lipinski definition) is 6. The van der Waals surface area contributed by atoms with Gasteiger partial charge in [0.1, 0.15) is 18.0 Å². The molecule has 1 aliphatic rings. The Kier molecular flexibility index (Phi) is 4.49. The molecule has 1 aromatic heterocycles. The van der Waals surface area contributed by atoms with Gasteiger partial charge in [0.05, 0.1) is 27.0 Å². The van der Waals surface area contributed by atoms with Crippen LogP contribution in [0, 0.1) is 15.9 Å². The van der Waals surface area contributed by atoms with E-state index in [2.05, 4.69) is 15.3 Å². The maximum absolute atomic E-state index is 13.3. The zero-order valence-corrected chi connectivity index (χ0v) is 14.7. The molecule has 4 rings (SSSR count). The summed E-state index contributed by atoms with van der Waals surface area (Å²) in [6.07, 6.45) is 4.17. The first-order chi connectivity index (χ1) is 13.0. The van der Waals surface area contributed by atoms with Crippen molar-refractivity contribution in [1.29, 1.82) is 0 Å². The Morgan fingerprint density at radius 2 is 2.07 bits per heavy atom. The maximum atomic E-state index is 13.3. The largest absolute Gasteiger partial charge is 0.483 e. The van der Waals surface area contributed by atoms with Crippen LogP contribution < -0.4 is 10.1 Å². The zero-order chi connectivity index (χ0) is 19.0. The van der Waals surface area contributed by atoms with Crippen molar-refractivity contribution in [2.75, 3.05) is 5.32 Å². The first-order valence-electron chi connectivity index (χ1n) is 8.33. The number of nitro benzene ring substituents is 1. The monoisotopic (exact) mass is 388 g/mol. The number of benzene rings is 2. The molecular formula is C18H14ClFN4O3. The lowest BCUT2D eigenvalue weighted by Gasteiger charge is -2.26. The van der Waals surface area contributed by atoms with Gasteiger partial charge in [0, 0.05) is 17.8 Å². The molecule has 0 atom stereocenters. The van der Waals surface area contributed by atoms with Crippen molar-refractivity contribution in [3.63, 3.8) is 0 Å². The molecule has 0 bridgehead atoms. The Labute approximate surface area is 158 Å². The van der Waals surface area contributed by atoms with Crippen LogP contribution in [0.2, 0.25) is 5.02 Å². The SMILES string of the molecule is O=[N+]([O-])c1cc2c(Nc3ccc(F)c(Cl)c3)ncnc2cc1OC1CCC1. The van der Waals surface area contributed by atoms with Crippen molar-refractivity contribution >= 4 is 39.7 Å². The number of rotatable bonds is 5. The number of aromatic nitrogens is 2. The third kappa shape index (κ3) is 3.48. The number of hydrogen-bond donors (Lipinski definition) is 1. The average molecular weight is 389 g/mol. The topological polar surface area (TPSA) is 90.2 Å². The molecule has 0 radical (unpaired) electrons. The van der Waals surface area contributed by atoms with Gasteiger partial charge in [0.2, 0.25) is 0 Å². The zero-order valence-electron chi connectivity index (χ0n) is 14.0. The summed E-state index contributed by atoms with van der Waals surface area (Å²) in [6.45, 7) is 0. The van der Waals surface area contributed by atoms with E-state index in [1.165, 1.54) is 30.6 Å². The molecule has 0 spiro atoms. The van der Waals surface area contributed by atoms with Crippen LogP contribution in [0.3, 0.4) is 0 Å². The van der Waals surface area contributed by atoms with Gasteiger partial charge in [-0.3, -0.25) is 10.1 Å². The molecule has 1 fully saturated rings. The summed E-state index contributed by atoms with van der Waals surface area (Å²) in [5.41, 5.74) is 0.851. The van der Waals surface area contributed by atoms with E-state index in [9.17, 15) is 14.5 Å². The second-order valence-corrected chi connectivity index (χ2v) is 6.65. The van der Waals surface area contributed by atoms with E-state index in [0.717, 1.165) is 19.3 Å². The van der Waals surface area contributed by atoms with Crippen LogP contribution in [-0.2, 0) is 0 Å². The van der Waals surface area contributed by atoms with Gasteiger partial charge in [-0.25, -0.2) is 14.4 Å². The van der Waals surface area contributed by atoms with Crippen LogP contribution in [0.25, 0.3) is 10.9 Å². The molecule has 1 aliphatic carbocycles. The van der Waals surface area contributed by atoms with Crippen molar-refractivity contribution < 1.29 is 14.1 Å². The molecule has 138 valence electrons. The quantitative estimate of drug-likeness (QED) is 0.488. The molecule has 1 N–H and O–H groups in total. The summed E-state index contributed by atoms with van der Waals surface area (Å²) < 4.78 is 19.1. The molecule has 27 heavy (non-hydrogen) atoms. The van der Waals surface area contributed by atoms with E-state index in [4.69, 9.17) is 16.3 Å². The molecule has 1 saturated carbocycles. The summed E-state index contributed by atoms with van der Waals surface area (Å²) in [5, 5.41) is 14.9. The Morgan fingerprint density at radius 1 is 1.26 bits per heavy atom. The minimum atomic E-state index is -0.539. The van der Waals surface area contributed by atoms with Crippen molar-refractivity contribution in [2.24, 2.45) is 0 Å². The summed E-state index contributed by atoms with van der Waals surface area (Å²) in [6, 6.07) is 7.07. The van der Waals surface area contributed by atoms with Gasteiger partial charge < -0.3 is 10.1 Å². The molecule has 0 unspecified atom stereocenters. The molecule has 7 nitrogen and oxygen atoms in total. The summed E-state index contributed by atoms with van der Waals surface area (Å²) >= 11 is 5.80. The van der Waals surface area contributed by atoms with Gasteiger partial charge in [0.15, 0.2) is 5.75 Å². The van der Waals surface area contributed by atoms with E-state index in [1.807, 2.05) is 0 Å². The normalized spacial score (nSPS) is 14.0.